The summed E-state index contributed by atoms with van der Waals surface area (Å²) in [6, 6.07) is 4.42. The summed E-state index contributed by atoms with van der Waals surface area (Å²) in [4.78, 5) is 14.5. The molecule has 0 unspecified atom stereocenters. The summed E-state index contributed by atoms with van der Waals surface area (Å²) >= 11 is 0.493. The zero-order valence-corrected chi connectivity index (χ0v) is 10.5. The molecule has 0 fully saturated rings. The fourth-order valence-corrected chi connectivity index (χ4v) is 2.36. The Morgan fingerprint density at radius 2 is 2.00 bits per heavy atom. The highest BCUT2D eigenvalue weighted by atomic mass is 32.1. The van der Waals surface area contributed by atoms with Gasteiger partial charge in [-0.25, -0.2) is 9.78 Å². The van der Waals surface area contributed by atoms with Crippen molar-refractivity contribution in [3.05, 3.63) is 40.5 Å². The summed E-state index contributed by atoms with van der Waals surface area (Å²) in [5.74, 6) is -1.12. The molecule has 0 aliphatic carbocycles. The van der Waals surface area contributed by atoms with Gasteiger partial charge in [-0.2, -0.15) is 13.2 Å². The highest BCUT2D eigenvalue weighted by Gasteiger charge is 2.34. The number of aromatic carboxylic acids is 1. The van der Waals surface area contributed by atoms with E-state index < -0.39 is 17.2 Å². The molecule has 0 atom stereocenters. The Labute approximate surface area is 110 Å². The minimum Gasteiger partial charge on any atom is -0.478 e. The number of alkyl halides is 3. The Hall–Kier alpha value is -1.89. The van der Waals surface area contributed by atoms with Crippen molar-refractivity contribution >= 4 is 17.3 Å². The molecule has 3 nitrogen and oxygen atoms in total. The topological polar surface area (TPSA) is 50.2 Å². The molecule has 19 heavy (non-hydrogen) atoms. The molecule has 1 aromatic carbocycles. The second-order valence-corrected chi connectivity index (χ2v) is 4.95. The summed E-state index contributed by atoms with van der Waals surface area (Å²) in [5.41, 5.74) is 1.12. The van der Waals surface area contributed by atoms with Crippen LogP contribution in [0.25, 0.3) is 10.4 Å². The van der Waals surface area contributed by atoms with Crippen LogP contribution in [0.2, 0.25) is 0 Å². The van der Waals surface area contributed by atoms with Gasteiger partial charge in [0, 0.05) is 6.20 Å². The molecule has 0 amide bonds. The van der Waals surface area contributed by atoms with Crippen LogP contribution in [-0.4, -0.2) is 16.1 Å². The van der Waals surface area contributed by atoms with Crippen molar-refractivity contribution < 1.29 is 23.1 Å². The number of thiazole rings is 1. The van der Waals surface area contributed by atoms with Crippen molar-refractivity contribution in [2.75, 3.05) is 0 Å². The largest absolute Gasteiger partial charge is 0.478 e. The highest BCUT2D eigenvalue weighted by molar-refractivity contribution is 7.15. The molecular weight excluding hydrogens is 279 g/mol. The molecule has 1 N–H and O–H groups in total. The Bertz CT molecular complexity index is 634. The van der Waals surface area contributed by atoms with E-state index in [4.69, 9.17) is 5.11 Å². The van der Waals surface area contributed by atoms with E-state index in [0.717, 1.165) is 6.20 Å². The maximum atomic E-state index is 12.5. The highest BCUT2D eigenvalue weighted by Crippen LogP contribution is 2.36. The third-order valence-electron chi connectivity index (χ3n) is 2.36. The molecule has 0 radical (unpaired) electrons. The molecule has 0 aliphatic rings. The monoisotopic (exact) mass is 287 g/mol. The molecule has 0 saturated heterocycles. The van der Waals surface area contributed by atoms with Crippen molar-refractivity contribution in [2.24, 2.45) is 0 Å². The number of hydrogen-bond acceptors (Lipinski definition) is 3. The molecule has 0 saturated carbocycles. The maximum Gasteiger partial charge on any atom is 0.443 e. The van der Waals surface area contributed by atoms with Crippen LogP contribution in [0.4, 0.5) is 13.2 Å². The number of rotatable bonds is 2. The molecule has 1 heterocycles. The lowest BCUT2D eigenvalue weighted by molar-refractivity contribution is -0.137. The molecular formula is C12H8F3NO2S. The van der Waals surface area contributed by atoms with Gasteiger partial charge >= 0.3 is 12.1 Å². The first kappa shape index (κ1) is 13.5. The summed E-state index contributed by atoms with van der Waals surface area (Å²) < 4.78 is 37.4. The Morgan fingerprint density at radius 1 is 1.32 bits per heavy atom. The smallest absolute Gasteiger partial charge is 0.443 e. The van der Waals surface area contributed by atoms with Crippen LogP contribution in [0, 0.1) is 6.92 Å². The Morgan fingerprint density at radius 3 is 2.53 bits per heavy atom. The second kappa shape index (κ2) is 4.65. The number of aryl methyl sites for hydroxylation is 1. The van der Waals surface area contributed by atoms with Crippen molar-refractivity contribution in [3.63, 3.8) is 0 Å². The van der Waals surface area contributed by atoms with Crippen LogP contribution in [-0.2, 0) is 6.18 Å². The van der Waals surface area contributed by atoms with Crippen LogP contribution < -0.4 is 0 Å². The summed E-state index contributed by atoms with van der Waals surface area (Å²) in [6.45, 7) is 1.68. The first-order valence-corrected chi connectivity index (χ1v) is 5.97. The van der Waals surface area contributed by atoms with Gasteiger partial charge in [0.2, 0.25) is 0 Å². The number of aromatic nitrogens is 1. The van der Waals surface area contributed by atoms with Gasteiger partial charge < -0.3 is 5.11 Å². The number of carbonyl (C=O) groups is 1. The van der Waals surface area contributed by atoms with Crippen LogP contribution in [0.1, 0.15) is 20.9 Å². The third-order valence-corrected chi connectivity index (χ3v) is 3.45. The second-order valence-electron chi connectivity index (χ2n) is 3.92. The first-order chi connectivity index (χ1) is 8.77. The van der Waals surface area contributed by atoms with Crippen LogP contribution >= 0.6 is 11.3 Å². The number of hydrogen-bond donors (Lipinski definition) is 1. The third kappa shape index (κ3) is 2.93. The van der Waals surface area contributed by atoms with E-state index in [-0.39, 0.29) is 5.56 Å². The molecule has 0 spiro atoms. The normalized spacial score (nSPS) is 11.6. The molecule has 100 valence electrons. The van der Waals surface area contributed by atoms with Crippen LogP contribution in [0.15, 0.2) is 24.4 Å². The quantitative estimate of drug-likeness (QED) is 0.913. The predicted molar refractivity (Wildman–Crippen MR) is 64.2 cm³/mol. The predicted octanol–water partition coefficient (Wildman–Crippen LogP) is 3.84. The van der Waals surface area contributed by atoms with E-state index in [1.165, 1.54) is 12.1 Å². The molecule has 7 heteroatoms. The van der Waals surface area contributed by atoms with E-state index in [1.54, 1.807) is 13.0 Å². The van der Waals surface area contributed by atoms with Crippen LogP contribution in [0.5, 0.6) is 0 Å². The summed E-state index contributed by atoms with van der Waals surface area (Å²) in [6.07, 6.45) is -3.38. The average Bonchev–Trinajstić information content (AvgIpc) is 2.76. The number of nitrogens with zero attached hydrogens (tertiary/aromatic N) is 1. The van der Waals surface area contributed by atoms with E-state index in [0.29, 0.717) is 27.3 Å². The lowest BCUT2D eigenvalue weighted by atomic mass is 10.1. The van der Waals surface area contributed by atoms with Crippen molar-refractivity contribution in [1.82, 2.24) is 4.98 Å². The zero-order chi connectivity index (χ0) is 14.2. The number of halogens is 3. The van der Waals surface area contributed by atoms with Gasteiger partial charge in [-0.15, -0.1) is 11.3 Å². The number of carboxylic acid groups (broad SMARTS) is 1. The zero-order valence-electron chi connectivity index (χ0n) is 9.65. The standard InChI is InChI=1S/C12H8F3NO2S/c1-6-2-7(4-8(3-6)10(17)18)9-5-16-11(19-9)12(13,14)15/h2-5H,1H3,(H,17,18). The van der Waals surface area contributed by atoms with Gasteiger partial charge in [-0.1, -0.05) is 6.07 Å². The lowest BCUT2D eigenvalue weighted by Crippen LogP contribution is -2.02. The van der Waals surface area contributed by atoms with Gasteiger partial charge in [-0.05, 0) is 30.2 Å². The molecule has 1 aromatic heterocycles. The van der Waals surface area contributed by atoms with Gasteiger partial charge in [0.1, 0.15) is 0 Å². The summed E-state index contributed by atoms with van der Waals surface area (Å²) in [7, 11) is 0. The first-order valence-electron chi connectivity index (χ1n) is 5.16. The minimum atomic E-state index is -4.48. The van der Waals surface area contributed by atoms with Crippen LogP contribution in [0.3, 0.4) is 0 Å². The summed E-state index contributed by atoms with van der Waals surface area (Å²) in [5, 5.41) is 7.98. The van der Waals surface area contributed by atoms with E-state index in [2.05, 4.69) is 4.98 Å². The van der Waals surface area contributed by atoms with Gasteiger partial charge in [0.05, 0.1) is 10.4 Å². The SMILES string of the molecule is Cc1cc(C(=O)O)cc(-c2cnc(C(F)(F)F)s2)c1. The molecule has 0 aliphatic heterocycles. The molecule has 2 rings (SSSR count). The lowest BCUT2D eigenvalue weighted by Gasteiger charge is -2.03. The van der Waals surface area contributed by atoms with E-state index >= 15 is 0 Å². The van der Waals surface area contributed by atoms with E-state index in [1.807, 2.05) is 0 Å². The van der Waals surface area contributed by atoms with Crippen molar-refractivity contribution in [3.8, 4) is 10.4 Å². The fraction of sp³-hybridized carbons (Fsp3) is 0.167. The Kier molecular flexibility index (Phi) is 3.32. The van der Waals surface area contributed by atoms with E-state index in [9.17, 15) is 18.0 Å². The average molecular weight is 287 g/mol. The number of carboxylic acids is 1. The molecule has 2 aromatic rings. The number of benzene rings is 1. The van der Waals surface area contributed by atoms with Gasteiger partial charge in [0.15, 0.2) is 5.01 Å². The van der Waals surface area contributed by atoms with Gasteiger partial charge in [-0.3, -0.25) is 0 Å². The Balaban J connectivity index is 2.47. The fourth-order valence-electron chi connectivity index (χ4n) is 1.59. The maximum absolute atomic E-state index is 12.5. The van der Waals surface area contributed by atoms with Gasteiger partial charge in [0.25, 0.3) is 0 Å². The van der Waals surface area contributed by atoms with Crippen molar-refractivity contribution in [2.45, 2.75) is 13.1 Å². The van der Waals surface area contributed by atoms with Crippen molar-refractivity contribution in [1.29, 1.82) is 0 Å². The minimum absolute atomic E-state index is 0.0389. The molecule has 0 bridgehead atoms.